The minimum atomic E-state index is -0.390. The van der Waals surface area contributed by atoms with Crippen molar-refractivity contribution in [2.75, 3.05) is 19.7 Å². The molecule has 1 aromatic carbocycles. The summed E-state index contributed by atoms with van der Waals surface area (Å²) < 4.78 is 18.5. The molecular formula is C24H31FN2O4. The number of nitrogens with zero attached hydrogens (tertiary/aromatic N) is 1. The van der Waals surface area contributed by atoms with E-state index in [1.807, 2.05) is 0 Å². The summed E-state index contributed by atoms with van der Waals surface area (Å²) in [4.78, 5) is 39.1. The lowest BCUT2D eigenvalue weighted by atomic mass is 9.49. The Morgan fingerprint density at radius 1 is 1.06 bits per heavy atom. The average Bonchev–Trinajstić information content (AvgIpc) is 2.74. The van der Waals surface area contributed by atoms with Gasteiger partial charge in [-0.2, -0.15) is 0 Å². The van der Waals surface area contributed by atoms with Crippen molar-refractivity contribution in [2.24, 2.45) is 23.2 Å². The van der Waals surface area contributed by atoms with Gasteiger partial charge in [0.25, 0.3) is 5.91 Å². The maximum Gasteiger partial charge on any atom is 0.312 e. The number of hydrogen-bond donors (Lipinski definition) is 1. The smallest absolute Gasteiger partial charge is 0.312 e. The molecule has 4 aliphatic rings. The number of rotatable bonds is 8. The third kappa shape index (κ3) is 4.91. The molecule has 2 amide bonds. The molecule has 168 valence electrons. The lowest BCUT2D eigenvalue weighted by Gasteiger charge is -2.55. The Balaban J connectivity index is 1.24. The molecule has 0 unspecified atom stereocenters. The first kappa shape index (κ1) is 21.8. The Morgan fingerprint density at radius 3 is 2.19 bits per heavy atom. The number of likely N-dealkylation sites (N-methyl/N-ethyl adjacent to an activating group) is 1. The molecule has 0 saturated heterocycles. The zero-order valence-corrected chi connectivity index (χ0v) is 18.1. The summed E-state index contributed by atoms with van der Waals surface area (Å²) in [7, 11) is 0. The number of ether oxygens (including phenoxy) is 1. The van der Waals surface area contributed by atoms with Crippen molar-refractivity contribution in [2.45, 2.75) is 52.0 Å². The van der Waals surface area contributed by atoms with E-state index in [0.29, 0.717) is 24.3 Å². The molecule has 0 atom stereocenters. The highest BCUT2D eigenvalue weighted by Crippen LogP contribution is 2.60. The molecule has 6 nitrogen and oxygen atoms in total. The molecule has 4 fully saturated rings. The van der Waals surface area contributed by atoms with Crippen molar-refractivity contribution >= 4 is 17.8 Å². The normalized spacial score (nSPS) is 28.3. The number of benzene rings is 1. The molecule has 0 aliphatic heterocycles. The molecule has 31 heavy (non-hydrogen) atoms. The van der Waals surface area contributed by atoms with Crippen molar-refractivity contribution in [3.63, 3.8) is 0 Å². The second-order valence-corrected chi connectivity index (χ2v) is 9.59. The van der Waals surface area contributed by atoms with Crippen LogP contribution in [0.1, 0.15) is 51.0 Å². The minimum Gasteiger partial charge on any atom is -0.455 e. The monoisotopic (exact) mass is 430 g/mol. The van der Waals surface area contributed by atoms with Crippen LogP contribution in [0.3, 0.4) is 0 Å². The number of amides is 2. The second-order valence-electron chi connectivity index (χ2n) is 9.59. The van der Waals surface area contributed by atoms with Crippen LogP contribution in [0.5, 0.6) is 0 Å². The van der Waals surface area contributed by atoms with Crippen LogP contribution in [-0.2, 0) is 25.7 Å². The van der Waals surface area contributed by atoms with Crippen LogP contribution in [0.4, 0.5) is 4.39 Å². The Labute approximate surface area is 182 Å². The molecule has 5 rings (SSSR count). The van der Waals surface area contributed by atoms with E-state index in [2.05, 4.69) is 5.32 Å². The summed E-state index contributed by atoms with van der Waals surface area (Å²) in [5.41, 5.74) is 0.382. The summed E-state index contributed by atoms with van der Waals surface area (Å²) in [5.74, 6) is 0.659. The van der Waals surface area contributed by atoms with E-state index in [4.69, 9.17) is 4.74 Å². The molecule has 4 saturated carbocycles. The van der Waals surface area contributed by atoms with Gasteiger partial charge in [-0.1, -0.05) is 12.1 Å². The Kier molecular flexibility index (Phi) is 6.30. The lowest BCUT2D eigenvalue weighted by Crippen LogP contribution is -2.51. The van der Waals surface area contributed by atoms with E-state index < -0.39 is 5.41 Å². The van der Waals surface area contributed by atoms with Gasteiger partial charge in [0.1, 0.15) is 5.82 Å². The largest absolute Gasteiger partial charge is 0.455 e. The van der Waals surface area contributed by atoms with Gasteiger partial charge in [0.15, 0.2) is 6.61 Å². The van der Waals surface area contributed by atoms with E-state index in [1.165, 1.54) is 36.3 Å². The van der Waals surface area contributed by atoms with Crippen molar-refractivity contribution in [1.29, 1.82) is 0 Å². The van der Waals surface area contributed by atoms with Crippen molar-refractivity contribution in [3.8, 4) is 0 Å². The number of hydrogen-bond acceptors (Lipinski definition) is 4. The van der Waals surface area contributed by atoms with Gasteiger partial charge in [0.05, 0.1) is 12.0 Å². The van der Waals surface area contributed by atoms with Crippen LogP contribution in [-0.4, -0.2) is 42.4 Å². The second kappa shape index (κ2) is 8.97. The fraction of sp³-hybridized carbons (Fsp3) is 0.625. The van der Waals surface area contributed by atoms with E-state index >= 15 is 0 Å². The van der Waals surface area contributed by atoms with Gasteiger partial charge in [-0.3, -0.25) is 14.4 Å². The molecular weight excluding hydrogens is 399 g/mol. The van der Waals surface area contributed by atoms with Gasteiger partial charge in [-0.05, 0) is 80.9 Å². The SMILES string of the molecule is CCN(CC(=O)NCc1ccc(F)cc1)C(=O)COC(=O)C12CC3CC(CC(C3)C1)C2. The van der Waals surface area contributed by atoms with Crippen LogP contribution in [0.25, 0.3) is 0 Å². The van der Waals surface area contributed by atoms with Gasteiger partial charge >= 0.3 is 5.97 Å². The van der Waals surface area contributed by atoms with Crippen LogP contribution >= 0.6 is 0 Å². The highest BCUT2D eigenvalue weighted by molar-refractivity contribution is 5.87. The third-order valence-corrected chi connectivity index (χ3v) is 7.27. The quantitative estimate of drug-likeness (QED) is 0.644. The Bertz CT molecular complexity index is 803. The highest BCUT2D eigenvalue weighted by atomic mass is 19.1. The maximum atomic E-state index is 13.0. The van der Waals surface area contributed by atoms with Gasteiger partial charge in [0, 0.05) is 13.1 Å². The van der Waals surface area contributed by atoms with Crippen molar-refractivity contribution < 1.29 is 23.5 Å². The van der Waals surface area contributed by atoms with E-state index in [9.17, 15) is 18.8 Å². The highest BCUT2D eigenvalue weighted by Gasteiger charge is 2.55. The average molecular weight is 431 g/mol. The number of halogens is 1. The maximum absolute atomic E-state index is 13.0. The van der Waals surface area contributed by atoms with Crippen LogP contribution in [0.15, 0.2) is 24.3 Å². The summed E-state index contributed by atoms with van der Waals surface area (Å²) in [6.45, 7) is 1.96. The molecule has 7 heteroatoms. The molecule has 4 bridgehead atoms. The number of nitrogens with one attached hydrogen (secondary N) is 1. The first-order valence-electron chi connectivity index (χ1n) is 11.3. The standard InChI is InChI=1S/C24H31FN2O4/c1-2-27(14-21(28)26-13-16-3-5-20(25)6-4-16)22(29)15-31-23(30)24-10-17-7-18(11-24)9-19(8-17)12-24/h3-6,17-19H,2,7-15H2,1H3,(H,26,28). The number of carbonyl (C=O) groups excluding carboxylic acids is 3. The van der Waals surface area contributed by atoms with Crippen LogP contribution in [0, 0.1) is 29.0 Å². The van der Waals surface area contributed by atoms with E-state index in [0.717, 1.165) is 24.8 Å². The fourth-order valence-corrected chi connectivity index (χ4v) is 6.14. The zero-order valence-electron chi connectivity index (χ0n) is 18.1. The van der Waals surface area contributed by atoms with Crippen LogP contribution in [0.2, 0.25) is 0 Å². The molecule has 0 aromatic heterocycles. The molecule has 0 heterocycles. The summed E-state index contributed by atoms with van der Waals surface area (Å²) in [6.07, 6.45) is 6.41. The topological polar surface area (TPSA) is 75.7 Å². The minimum absolute atomic E-state index is 0.106. The van der Waals surface area contributed by atoms with E-state index in [1.54, 1.807) is 19.1 Å². The molecule has 0 radical (unpaired) electrons. The van der Waals surface area contributed by atoms with Crippen molar-refractivity contribution in [3.05, 3.63) is 35.6 Å². The third-order valence-electron chi connectivity index (χ3n) is 7.27. The summed E-state index contributed by atoms with van der Waals surface area (Å²) in [6, 6.07) is 5.87. The fourth-order valence-electron chi connectivity index (χ4n) is 6.14. The predicted molar refractivity (Wildman–Crippen MR) is 112 cm³/mol. The summed E-state index contributed by atoms with van der Waals surface area (Å²) >= 11 is 0. The molecule has 1 N–H and O–H groups in total. The van der Waals surface area contributed by atoms with Gasteiger partial charge < -0.3 is 15.0 Å². The first-order chi connectivity index (χ1) is 14.9. The lowest BCUT2D eigenvalue weighted by molar-refractivity contribution is -0.174. The Morgan fingerprint density at radius 2 is 1.65 bits per heavy atom. The first-order valence-corrected chi connectivity index (χ1v) is 11.3. The van der Waals surface area contributed by atoms with Gasteiger partial charge in [-0.25, -0.2) is 4.39 Å². The van der Waals surface area contributed by atoms with E-state index in [-0.39, 0.29) is 43.3 Å². The predicted octanol–water partition coefficient (Wildman–Crippen LogP) is 3.05. The Hall–Kier alpha value is -2.44. The van der Waals surface area contributed by atoms with Crippen LogP contribution < -0.4 is 5.32 Å². The zero-order chi connectivity index (χ0) is 22.0. The summed E-state index contributed by atoms with van der Waals surface area (Å²) in [5, 5.41) is 2.73. The van der Waals surface area contributed by atoms with Gasteiger partial charge in [-0.15, -0.1) is 0 Å². The molecule has 0 spiro atoms. The van der Waals surface area contributed by atoms with Gasteiger partial charge in [0.2, 0.25) is 5.91 Å². The number of carbonyl (C=O) groups is 3. The molecule has 1 aromatic rings. The molecule has 4 aliphatic carbocycles. The van der Waals surface area contributed by atoms with Crippen molar-refractivity contribution in [1.82, 2.24) is 10.2 Å². The number of esters is 1.